The number of hydrogen-bond donors (Lipinski definition) is 1. The van der Waals surface area contributed by atoms with Gasteiger partial charge in [-0.25, -0.2) is 8.97 Å². The predicted octanol–water partition coefficient (Wildman–Crippen LogP) is 1.39. The molecule has 0 saturated heterocycles. The van der Waals surface area contributed by atoms with Crippen molar-refractivity contribution in [2.75, 3.05) is 23.8 Å². The summed E-state index contributed by atoms with van der Waals surface area (Å²) in [6.45, 7) is 4.65. The van der Waals surface area contributed by atoms with Crippen molar-refractivity contribution in [3.63, 3.8) is 0 Å². The van der Waals surface area contributed by atoms with Gasteiger partial charge in [-0.1, -0.05) is 6.58 Å². The van der Waals surface area contributed by atoms with Gasteiger partial charge in [0.1, 0.15) is 6.33 Å². The van der Waals surface area contributed by atoms with Crippen LogP contribution in [0, 0.1) is 5.95 Å². The van der Waals surface area contributed by atoms with Crippen LogP contribution in [0.1, 0.15) is 0 Å². The summed E-state index contributed by atoms with van der Waals surface area (Å²) >= 11 is 0. The molecule has 3 heterocycles. The van der Waals surface area contributed by atoms with Crippen LogP contribution in [0.5, 0.6) is 0 Å². The lowest BCUT2D eigenvalue weighted by Crippen LogP contribution is -2.28. The third-order valence-electron chi connectivity index (χ3n) is 3.98. The summed E-state index contributed by atoms with van der Waals surface area (Å²) in [5, 5.41) is 10.8. The van der Waals surface area contributed by atoms with Gasteiger partial charge in [0.25, 0.3) is 5.56 Å². The Morgan fingerprint density at radius 1 is 1.35 bits per heavy atom. The first-order valence-corrected chi connectivity index (χ1v) is 6.97. The average molecular weight is 312 g/mol. The fraction of sp³-hybridized carbons (Fsp3) is 0.133. The number of nitrogens with zero attached hydrogens (tertiary/aromatic N) is 5. The van der Waals surface area contributed by atoms with Crippen molar-refractivity contribution in [3.8, 4) is 5.69 Å². The van der Waals surface area contributed by atoms with Crippen molar-refractivity contribution in [2.45, 2.75) is 0 Å². The molecule has 0 saturated carbocycles. The third kappa shape index (κ3) is 1.91. The van der Waals surface area contributed by atoms with Gasteiger partial charge in [0, 0.05) is 12.7 Å². The van der Waals surface area contributed by atoms with Gasteiger partial charge in [-0.2, -0.15) is 4.39 Å². The molecule has 1 N–H and O–H groups in total. The number of fused-ring (bicyclic) bond motifs is 2. The summed E-state index contributed by atoms with van der Waals surface area (Å²) < 4.78 is 16.3. The highest BCUT2D eigenvalue weighted by molar-refractivity contribution is 5.77. The molecule has 0 bridgehead atoms. The maximum atomic E-state index is 13.8. The van der Waals surface area contributed by atoms with Crippen molar-refractivity contribution >= 4 is 17.2 Å². The van der Waals surface area contributed by atoms with Gasteiger partial charge >= 0.3 is 0 Å². The second-order valence-corrected chi connectivity index (χ2v) is 5.32. The topological polar surface area (TPSA) is 67.5 Å². The zero-order valence-corrected chi connectivity index (χ0v) is 12.3. The number of likely N-dealkylation sites (N-methyl/N-ethyl adjacent to an activating group) is 1. The van der Waals surface area contributed by atoms with E-state index in [-0.39, 0.29) is 5.78 Å². The normalized spacial score (nSPS) is 14.0. The minimum Gasteiger partial charge on any atom is -0.378 e. The first kappa shape index (κ1) is 13.5. The largest absolute Gasteiger partial charge is 0.378 e. The van der Waals surface area contributed by atoms with Gasteiger partial charge in [0.05, 0.1) is 29.7 Å². The lowest BCUT2D eigenvalue weighted by molar-refractivity contribution is 0.557. The summed E-state index contributed by atoms with van der Waals surface area (Å²) in [5.41, 5.74) is 2.81. The van der Waals surface area contributed by atoms with E-state index < -0.39 is 11.5 Å². The van der Waals surface area contributed by atoms with E-state index in [1.54, 1.807) is 6.07 Å². The molecule has 7 nitrogen and oxygen atoms in total. The molecule has 0 radical (unpaired) electrons. The molecule has 0 unspecified atom stereocenters. The van der Waals surface area contributed by atoms with E-state index in [0.29, 0.717) is 12.2 Å². The minimum absolute atomic E-state index is 0.125. The molecule has 1 aliphatic rings. The molecule has 1 aliphatic heterocycles. The molecule has 116 valence electrons. The first-order valence-electron chi connectivity index (χ1n) is 6.97. The molecule has 0 amide bonds. The molecule has 0 atom stereocenters. The third-order valence-corrected chi connectivity index (χ3v) is 3.98. The SMILES string of the molecule is C=C1CNc2ccc(-n3c(=O)cc(F)n4cnnc34)cc2N1C. The number of benzene rings is 1. The van der Waals surface area contributed by atoms with E-state index in [1.807, 2.05) is 24.1 Å². The van der Waals surface area contributed by atoms with Crippen LogP contribution in [0.15, 0.2) is 47.7 Å². The molecular weight excluding hydrogens is 299 g/mol. The number of aromatic nitrogens is 4. The van der Waals surface area contributed by atoms with Crippen LogP contribution in [-0.4, -0.2) is 32.8 Å². The Balaban J connectivity index is 1.98. The number of anilines is 2. The van der Waals surface area contributed by atoms with Crippen LogP contribution in [-0.2, 0) is 0 Å². The highest BCUT2D eigenvalue weighted by Gasteiger charge is 2.19. The van der Waals surface area contributed by atoms with E-state index in [1.165, 1.54) is 10.9 Å². The fourth-order valence-corrected chi connectivity index (χ4v) is 2.68. The molecule has 3 aromatic rings. The highest BCUT2D eigenvalue weighted by Crippen LogP contribution is 2.33. The van der Waals surface area contributed by atoms with Crippen LogP contribution in [0.25, 0.3) is 11.5 Å². The Kier molecular flexibility index (Phi) is 2.74. The second kappa shape index (κ2) is 4.67. The standard InChI is InChI=1S/C15H13FN6O/c1-9-7-17-11-4-3-10(5-12(11)20(9)2)22-14(23)6-13(16)21-8-18-19-15(21)22/h3-6,8,17H,1,7H2,2H3. The van der Waals surface area contributed by atoms with E-state index >= 15 is 0 Å². The summed E-state index contributed by atoms with van der Waals surface area (Å²) in [7, 11) is 1.91. The van der Waals surface area contributed by atoms with E-state index in [0.717, 1.165) is 27.5 Å². The molecule has 4 rings (SSSR count). The van der Waals surface area contributed by atoms with Gasteiger partial charge in [-0.05, 0) is 18.2 Å². The van der Waals surface area contributed by atoms with E-state index in [9.17, 15) is 9.18 Å². The summed E-state index contributed by atoms with van der Waals surface area (Å²) in [4.78, 5) is 14.2. The highest BCUT2D eigenvalue weighted by atomic mass is 19.1. The molecule has 0 spiro atoms. The number of hydrogen-bond acceptors (Lipinski definition) is 5. The minimum atomic E-state index is -0.698. The van der Waals surface area contributed by atoms with Crippen molar-refractivity contribution in [2.24, 2.45) is 0 Å². The predicted molar refractivity (Wildman–Crippen MR) is 84.6 cm³/mol. The van der Waals surface area contributed by atoms with E-state index in [2.05, 4.69) is 22.1 Å². The van der Waals surface area contributed by atoms with E-state index in [4.69, 9.17) is 0 Å². The maximum Gasteiger partial charge on any atom is 0.262 e. The van der Waals surface area contributed by atoms with Crippen LogP contribution < -0.4 is 15.8 Å². The Morgan fingerprint density at radius 3 is 3.00 bits per heavy atom. The number of halogens is 1. The van der Waals surface area contributed by atoms with Crippen LogP contribution in [0.3, 0.4) is 0 Å². The van der Waals surface area contributed by atoms with Gasteiger partial charge < -0.3 is 10.2 Å². The van der Waals surface area contributed by atoms with Gasteiger partial charge in [0.2, 0.25) is 11.7 Å². The molecule has 2 aromatic heterocycles. The lowest BCUT2D eigenvalue weighted by atomic mass is 10.1. The van der Waals surface area contributed by atoms with Crippen LogP contribution in [0.2, 0.25) is 0 Å². The zero-order valence-electron chi connectivity index (χ0n) is 12.3. The molecular formula is C15H13FN6O. The van der Waals surface area contributed by atoms with Gasteiger partial charge in [0.15, 0.2) is 0 Å². The Bertz CT molecular complexity index is 1000. The van der Waals surface area contributed by atoms with Crippen molar-refractivity contribution in [1.29, 1.82) is 0 Å². The Hall–Kier alpha value is -3.16. The summed E-state index contributed by atoms with van der Waals surface area (Å²) in [6, 6.07) is 6.40. The first-order chi connectivity index (χ1) is 11.1. The second-order valence-electron chi connectivity index (χ2n) is 5.32. The van der Waals surface area contributed by atoms with Crippen LogP contribution >= 0.6 is 0 Å². The van der Waals surface area contributed by atoms with Gasteiger partial charge in [-0.3, -0.25) is 4.79 Å². The van der Waals surface area contributed by atoms with Gasteiger partial charge in [-0.15, -0.1) is 10.2 Å². The van der Waals surface area contributed by atoms with Crippen molar-refractivity contribution in [3.05, 3.63) is 59.2 Å². The molecule has 8 heteroatoms. The van der Waals surface area contributed by atoms with Crippen molar-refractivity contribution < 1.29 is 4.39 Å². The smallest absolute Gasteiger partial charge is 0.262 e. The maximum absolute atomic E-state index is 13.8. The Labute approximate surface area is 130 Å². The number of rotatable bonds is 1. The zero-order chi connectivity index (χ0) is 16.1. The molecule has 0 fully saturated rings. The monoisotopic (exact) mass is 312 g/mol. The average Bonchev–Trinajstić information content (AvgIpc) is 3.01. The molecule has 1 aromatic carbocycles. The quantitative estimate of drug-likeness (QED) is 0.688. The lowest BCUT2D eigenvalue weighted by Gasteiger charge is -2.31. The summed E-state index contributed by atoms with van der Waals surface area (Å²) in [5.74, 6) is -0.573. The summed E-state index contributed by atoms with van der Waals surface area (Å²) in [6.07, 6.45) is 1.23. The number of nitrogens with one attached hydrogen (secondary N) is 1. The van der Waals surface area contributed by atoms with Crippen molar-refractivity contribution in [1.82, 2.24) is 19.2 Å². The fourth-order valence-electron chi connectivity index (χ4n) is 2.68. The molecule has 23 heavy (non-hydrogen) atoms. The molecule has 0 aliphatic carbocycles. The Morgan fingerprint density at radius 2 is 2.17 bits per heavy atom. The van der Waals surface area contributed by atoms with Crippen LogP contribution in [0.4, 0.5) is 15.8 Å².